The van der Waals surface area contributed by atoms with Gasteiger partial charge in [-0.3, -0.25) is 0 Å². The Morgan fingerprint density at radius 1 is 1.05 bits per heavy atom. The second-order valence-corrected chi connectivity index (χ2v) is 6.13. The van der Waals surface area contributed by atoms with E-state index in [9.17, 15) is 0 Å². The van der Waals surface area contributed by atoms with Gasteiger partial charge in [0.25, 0.3) is 0 Å². The molecule has 0 aliphatic carbocycles. The molecule has 0 aliphatic rings. The lowest BCUT2D eigenvalue weighted by Crippen LogP contribution is -2.22. The van der Waals surface area contributed by atoms with Crippen molar-refractivity contribution in [3.05, 3.63) is 58.0 Å². The topological polar surface area (TPSA) is 25.2 Å². The van der Waals surface area contributed by atoms with E-state index in [1.165, 1.54) is 11.1 Å². The van der Waals surface area contributed by atoms with Crippen LogP contribution in [0, 0.1) is 0 Å². The first-order chi connectivity index (χ1) is 9.61. The van der Waals surface area contributed by atoms with E-state index in [1.807, 2.05) is 12.1 Å². The summed E-state index contributed by atoms with van der Waals surface area (Å²) < 4.78 is 6.50. The van der Waals surface area contributed by atoms with E-state index in [1.54, 1.807) is 0 Å². The van der Waals surface area contributed by atoms with Gasteiger partial charge in [0.2, 0.25) is 0 Å². The SMILES string of the molecule is CCCNC(c1ccc(C(C)C)cc1)c1ccc(Br)o1. The van der Waals surface area contributed by atoms with Gasteiger partial charge >= 0.3 is 0 Å². The van der Waals surface area contributed by atoms with Crippen molar-refractivity contribution in [1.82, 2.24) is 5.32 Å². The predicted octanol–water partition coefficient (Wildman–Crippen LogP) is 5.25. The minimum Gasteiger partial charge on any atom is -0.452 e. The Labute approximate surface area is 129 Å². The van der Waals surface area contributed by atoms with Crippen molar-refractivity contribution in [2.75, 3.05) is 6.54 Å². The fourth-order valence-electron chi connectivity index (χ4n) is 2.23. The van der Waals surface area contributed by atoms with Gasteiger partial charge in [-0.2, -0.15) is 0 Å². The average Bonchev–Trinajstić information content (AvgIpc) is 2.86. The minimum absolute atomic E-state index is 0.113. The van der Waals surface area contributed by atoms with Gasteiger partial charge in [-0.05, 0) is 58.1 Å². The highest BCUT2D eigenvalue weighted by Gasteiger charge is 2.17. The number of rotatable bonds is 6. The van der Waals surface area contributed by atoms with Crippen LogP contribution in [-0.4, -0.2) is 6.54 Å². The smallest absolute Gasteiger partial charge is 0.169 e. The maximum atomic E-state index is 5.73. The zero-order valence-electron chi connectivity index (χ0n) is 12.3. The van der Waals surface area contributed by atoms with Gasteiger partial charge < -0.3 is 9.73 Å². The molecule has 1 N–H and O–H groups in total. The molecule has 2 rings (SSSR count). The summed E-state index contributed by atoms with van der Waals surface area (Å²) >= 11 is 3.38. The fraction of sp³-hybridized carbons (Fsp3) is 0.412. The summed E-state index contributed by atoms with van der Waals surface area (Å²) in [7, 11) is 0. The normalized spacial score (nSPS) is 12.8. The second kappa shape index (κ2) is 7.09. The summed E-state index contributed by atoms with van der Waals surface area (Å²) in [4.78, 5) is 0. The molecule has 0 bridgehead atoms. The van der Waals surface area contributed by atoms with E-state index in [-0.39, 0.29) is 6.04 Å². The average molecular weight is 336 g/mol. The molecule has 20 heavy (non-hydrogen) atoms. The molecule has 1 unspecified atom stereocenters. The zero-order chi connectivity index (χ0) is 14.5. The molecule has 2 nitrogen and oxygen atoms in total. The molecule has 0 saturated heterocycles. The maximum absolute atomic E-state index is 5.73. The van der Waals surface area contributed by atoms with E-state index < -0.39 is 0 Å². The summed E-state index contributed by atoms with van der Waals surface area (Å²) in [6, 6.07) is 12.9. The second-order valence-electron chi connectivity index (χ2n) is 5.35. The first-order valence-electron chi connectivity index (χ1n) is 7.20. The fourth-order valence-corrected chi connectivity index (χ4v) is 2.55. The molecule has 2 aromatic rings. The monoisotopic (exact) mass is 335 g/mol. The van der Waals surface area contributed by atoms with E-state index in [0.29, 0.717) is 5.92 Å². The van der Waals surface area contributed by atoms with Gasteiger partial charge in [-0.15, -0.1) is 0 Å². The molecule has 0 fully saturated rings. The number of hydrogen-bond acceptors (Lipinski definition) is 2. The molecule has 3 heteroatoms. The minimum atomic E-state index is 0.113. The number of furan rings is 1. The largest absolute Gasteiger partial charge is 0.452 e. The van der Waals surface area contributed by atoms with Gasteiger partial charge in [0.1, 0.15) is 5.76 Å². The molecule has 1 aromatic heterocycles. The maximum Gasteiger partial charge on any atom is 0.169 e. The van der Waals surface area contributed by atoms with Gasteiger partial charge in [0, 0.05) is 0 Å². The van der Waals surface area contributed by atoms with Gasteiger partial charge in [0.05, 0.1) is 6.04 Å². The highest BCUT2D eigenvalue weighted by molar-refractivity contribution is 9.10. The Balaban J connectivity index is 2.26. The summed E-state index contributed by atoms with van der Waals surface area (Å²) in [5.74, 6) is 1.51. The van der Waals surface area contributed by atoms with Crippen LogP contribution in [0.15, 0.2) is 45.5 Å². The molecular formula is C17H22BrNO. The van der Waals surface area contributed by atoms with E-state index in [4.69, 9.17) is 4.42 Å². The lowest BCUT2D eigenvalue weighted by Gasteiger charge is -2.17. The van der Waals surface area contributed by atoms with Crippen LogP contribution in [0.3, 0.4) is 0 Å². The van der Waals surface area contributed by atoms with Crippen molar-refractivity contribution in [1.29, 1.82) is 0 Å². The Kier molecular flexibility index (Phi) is 5.44. The third-order valence-corrected chi connectivity index (χ3v) is 3.84. The number of hydrogen-bond donors (Lipinski definition) is 1. The molecule has 0 aliphatic heterocycles. The van der Waals surface area contributed by atoms with Crippen molar-refractivity contribution >= 4 is 15.9 Å². The van der Waals surface area contributed by atoms with Crippen LogP contribution in [0.4, 0.5) is 0 Å². The van der Waals surface area contributed by atoms with Crippen molar-refractivity contribution in [3.8, 4) is 0 Å². The van der Waals surface area contributed by atoms with Crippen LogP contribution in [0.5, 0.6) is 0 Å². The zero-order valence-corrected chi connectivity index (χ0v) is 13.9. The van der Waals surface area contributed by atoms with Crippen molar-refractivity contribution in [3.63, 3.8) is 0 Å². The molecule has 0 radical (unpaired) electrons. The third kappa shape index (κ3) is 3.74. The summed E-state index contributed by atoms with van der Waals surface area (Å²) in [5, 5.41) is 3.55. The summed E-state index contributed by atoms with van der Waals surface area (Å²) in [6.07, 6.45) is 1.10. The lowest BCUT2D eigenvalue weighted by atomic mass is 9.98. The van der Waals surface area contributed by atoms with E-state index >= 15 is 0 Å². The standard InChI is InChI=1S/C17H22BrNO/c1-4-11-19-17(15-9-10-16(18)20-15)14-7-5-13(6-8-14)12(2)3/h5-10,12,17,19H,4,11H2,1-3H3. The van der Waals surface area contributed by atoms with Crippen molar-refractivity contribution in [2.24, 2.45) is 0 Å². The van der Waals surface area contributed by atoms with Crippen LogP contribution in [0.1, 0.15) is 56.0 Å². The molecule has 0 spiro atoms. The summed E-state index contributed by atoms with van der Waals surface area (Å²) in [5.41, 5.74) is 2.60. The molecule has 0 amide bonds. The van der Waals surface area contributed by atoms with Crippen LogP contribution >= 0.6 is 15.9 Å². The van der Waals surface area contributed by atoms with Crippen LogP contribution in [-0.2, 0) is 0 Å². The predicted molar refractivity (Wildman–Crippen MR) is 87.1 cm³/mol. The first-order valence-corrected chi connectivity index (χ1v) is 7.99. The third-order valence-electron chi connectivity index (χ3n) is 3.41. The Hall–Kier alpha value is -1.06. The Bertz CT molecular complexity index is 530. The Morgan fingerprint density at radius 3 is 2.20 bits per heavy atom. The molecule has 1 atom stereocenters. The Morgan fingerprint density at radius 2 is 1.70 bits per heavy atom. The van der Waals surface area contributed by atoms with E-state index in [0.717, 1.165) is 23.4 Å². The van der Waals surface area contributed by atoms with E-state index in [2.05, 4.69) is 66.3 Å². The number of benzene rings is 1. The molecule has 1 aromatic carbocycles. The van der Waals surface area contributed by atoms with Gasteiger partial charge in [0.15, 0.2) is 4.67 Å². The first kappa shape index (κ1) is 15.3. The highest BCUT2D eigenvalue weighted by atomic mass is 79.9. The van der Waals surface area contributed by atoms with Crippen LogP contribution < -0.4 is 5.32 Å². The number of halogens is 1. The summed E-state index contributed by atoms with van der Waals surface area (Å²) in [6.45, 7) is 7.57. The highest BCUT2D eigenvalue weighted by Crippen LogP contribution is 2.27. The number of nitrogens with one attached hydrogen (secondary N) is 1. The van der Waals surface area contributed by atoms with Crippen LogP contribution in [0.25, 0.3) is 0 Å². The quantitative estimate of drug-likeness (QED) is 0.779. The van der Waals surface area contributed by atoms with Crippen molar-refractivity contribution < 1.29 is 4.42 Å². The lowest BCUT2D eigenvalue weighted by molar-refractivity contribution is 0.433. The molecule has 0 saturated carbocycles. The molecular weight excluding hydrogens is 314 g/mol. The van der Waals surface area contributed by atoms with Crippen LogP contribution in [0.2, 0.25) is 0 Å². The van der Waals surface area contributed by atoms with Gasteiger partial charge in [-0.1, -0.05) is 45.0 Å². The molecule has 1 heterocycles. The van der Waals surface area contributed by atoms with Crippen molar-refractivity contribution in [2.45, 2.75) is 39.2 Å². The van der Waals surface area contributed by atoms with Gasteiger partial charge in [-0.25, -0.2) is 0 Å². The molecule has 108 valence electrons.